The molecule has 0 atom stereocenters. The largest absolute Gasteiger partial charge is 0.494 e. The first kappa shape index (κ1) is 25.4. The number of para-hydroxylation sites is 1. The molecule has 0 unspecified atom stereocenters. The number of nitrogens with two attached hydrogens (primary N) is 1. The van der Waals surface area contributed by atoms with Gasteiger partial charge in [-0.2, -0.15) is 0 Å². The lowest BCUT2D eigenvalue weighted by Gasteiger charge is -2.15. The van der Waals surface area contributed by atoms with Crippen LogP contribution in [0, 0.1) is 18.6 Å². The Kier molecular flexibility index (Phi) is 6.92. The number of allylic oxidation sites excluding steroid dienone is 1. The van der Waals surface area contributed by atoms with Gasteiger partial charge >= 0.3 is 0 Å². The van der Waals surface area contributed by atoms with Gasteiger partial charge in [0.05, 0.1) is 25.6 Å². The molecule has 8 nitrogen and oxygen atoms in total. The van der Waals surface area contributed by atoms with Crippen LogP contribution < -0.4 is 25.8 Å². The van der Waals surface area contributed by atoms with Crippen molar-refractivity contribution in [3.63, 3.8) is 0 Å². The van der Waals surface area contributed by atoms with Crippen molar-refractivity contribution >= 4 is 34.6 Å². The molecule has 4 N–H and O–H groups in total. The number of ether oxygens (including phenoxy) is 2. The summed E-state index contributed by atoms with van der Waals surface area (Å²) in [4.78, 5) is 29.5. The molecule has 37 heavy (non-hydrogen) atoms. The van der Waals surface area contributed by atoms with Crippen molar-refractivity contribution in [3.05, 3.63) is 88.6 Å². The molecule has 0 spiro atoms. The summed E-state index contributed by atoms with van der Waals surface area (Å²) < 4.78 is 39.8. The first-order valence-corrected chi connectivity index (χ1v) is 11.1. The van der Waals surface area contributed by atoms with Gasteiger partial charge in [-0.25, -0.2) is 13.8 Å². The van der Waals surface area contributed by atoms with E-state index in [0.29, 0.717) is 28.3 Å². The van der Waals surface area contributed by atoms with Crippen molar-refractivity contribution in [2.24, 2.45) is 5.73 Å². The fraction of sp³-hybridized carbons (Fsp3) is 0.148. The number of Topliss-reactive ketones (excluding diaryl/α,β-unsaturated/α-hetero) is 1. The van der Waals surface area contributed by atoms with Crippen LogP contribution in [0.4, 0.5) is 26.0 Å². The summed E-state index contributed by atoms with van der Waals surface area (Å²) in [5, 5.41) is 5.90. The van der Waals surface area contributed by atoms with E-state index >= 15 is 0 Å². The average Bonchev–Trinajstić information content (AvgIpc) is 3.22. The molecule has 190 valence electrons. The Morgan fingerprint density at radius 1 is 1.14 bits per heavy atom. The fourth-order valence-electron chi connectivity index (χ4n) is 4.08. The van der Waals surface area contributed by atoms with Crippen molar-refractivity contribution in [2.75, 3.05) is 24.9 Å². The van der Waals surface area contributed by atoms with Gasteiger partial charge in [0.25, 0.3) is 0 Å². The SMILES string of the molecule is C=CC(=O)Nc1cccc(C)c1Nc1cc2c(cn1)CC(C(=O)c1c(F)c(OC)cc(OC)c1F)=C2N. The van der Waals surface area contributed by atoms with Crippen LogP contribution in [0.5, 0.6) is 11.5 Å². The molecule has 1 amide bonds. The Bertz CT molecular complexity index is 1460. The van der Waals surface area contributed by atoms with Crippen molar-refractivity contribution in [2.45, 2.75) is 13.3 Å². The van der Waals surface area contributed by atoms with E-state index in [9.17, 15) is 18.4 Å². The van der Waals surface area contributed by atoms with E-state index in [1.807, 2.05) is 13.0 Å². The summed E-state index contributed by atoms with van der Waals surface area (Å²) in [6.07, 6.45) is 2.73. The number of fused-ring (bicyclic) bond motifs is 1. The number of pyridine rings is 1. The Morgan fingerprint density at radius 3 is 2.43 bits per heavy atom. The van der Waals surface area contributed by atoms with Gasteiger partial charge in [-0.15, -0.1) is 0 Å². The summed E-state index contributed by atoms with van der Waals surface area (Å²) in [5.74, 6) is -3.85. The molecule has 0 bridgehead atoms. The van der Waals surface area contributed by atoms with Crippen LogP contribution in [0.3, 0.4) is 0 Å². The van der Waals surface area contributed by atoms with Crippen molar-refractivity contribution in [1.82, 2.24) is 4.98 Å². The van der Waals surface area contributed by atoms with Crippen molar-refractivity contribution in [1.29, 1.82) is 0 Å². The first-order valence-electron chi connectivity index (χ1n) is 11.1. The number of carbonyl (C=O) groups excluding carboxylic acids is 2. The maximum absolute atomic E-state index is 14.9. The minimum absolute atomic E-state index is 0.0249. The van der Waals surface area contributed by atoms with E-state index in [1.165, 1.54) is 20.4 Å². The number of anilines is 3. The van der Waals surface area contributed by atoms with E-state index in [-0.39, 0.29) is 35.1 Å². The minimum atomic E-state index is -1.14. The van der Waals surface area contributed by atoms with Gasteiger partial charge in [0.1, 0.15) is 11.4 Å². The molecule has 0 aliphatic heterocycles. The molecule has 1 aliphatic carbocycles. The van der Waals surface area contributed by atoms with Crippen LogP contribution in [-0.2, 0) is 11.2 Å². The standard InChI is InChI=1S/C27H24F2N4O4/c1-5-21(34)32-17-8-6-7-13(2)26(17)33-20-10-15-14(12-31-20)9-16(25(15)30)27(35)22-23(28)18(36-3)11-19(37-4)24(22)29/h5-8,10-12H,1,9,30H2,2-4H3,(H,31,33)(H,32,34). The van der Waals surface area contributed by atoms with E-state index in [0.717, 1.165) is 17.7 Å². The predicted molar refractivity (Wildman–Crippen MR) is 136 cm³/mol. The van der Waals surface area contributed by atoms with Crippen LogP contribution in [0.15, 0.2) is 54.8 Å². The number of aryl methyl sites for hydroxylation is 1. The molecule has 10 heteroatoms. The second-order valence-corrected chi connectivity index (χ2v) is 8.22. The molecule has 1 aliphatic rings. The van der Waals surface area contributed by atoms with Crippen LogP contribution >= 0.6 is 0 Å². The third-order valence-electron chi connectivity index (χ3n) is 6.01. The number of nitrogens with zero attached hydrogens (tertiary/aromatic N) is 1. The summed E-state index contributed by atoms with van der Waals surface area (Å²) in [6.45, 7) is 5.32. The van der Waals surface area contributed by atoms with E-state index in [4.69, 9.17) is 15.2 Å². The summed E-state index contributed by atoms with van der Waals surface area (Å²) in [5.41, 5.74) is 8.68. The van der Waals surface area contributed by atoms with E-state index in [1.54, 1.807) is 18.2 Å². The maximum Gasteiger partial charge on any atom is 0.247 e. The molecule has 0 saturated carbocycles. The molecule has 0 fully saturated rings. The first-order chi connectivity index (χ1) is 17.7. The highest BCUT2D eigenvalue weighted by Gasteiger charge is 2.32. The van der Waals surface area contributed by atoms with Crippen LogP contribution in [-0.4, -0.2) is 30.9 Å². The summed E-state index contributed by atoms with van der Waals surface area (Å²) in [6, 6.07) is 8.04. The highest BCUT2D eigenvalue weighted by molar-refractivity contribution is 6.15. The van der Waals surface area contributed by atoms with E-state index in [2.05, 4.69) is 22.2 Å². The Labute approximate surface area is 211 Å². The number of aromatic nitrogens is 1. The van der Waals surface area contributed by atoms with E-state index < -0.39 is 23.0 Å². The fourth-order valence-corrected chi connectivity index (χ4v) is 4.08. The molecule has 1 heterocycles. The lowest BCUT2D eigenvalue weighted by Crippen LogP contribution is -2.13. The Balaban J connectivity index is 1.71. The maximum atomic E-state index is 14.9. The summed E-state index contributed by atoms with van der Waals surface area (Å²) >= 11 is 0. The second kappa shape index (κ2) is 10.1. The third kappa shape index (κ3) is 4.61. The van der Waals surface area contributed by atoms with Gasteiger partial charge in [0.15, 0.2) is 28.9 Å². The number of halogens is 2. The van der Waals surface area contributed by atoms with Crippen molar-refractivity contribution < 1.29 is 27.8 Å². The van der Waals surface area contributed by atoms with Gasteiger partial charge in [0, 0.05) is 35.5 Å². The number of hydrogen-bond donors (Lipinski definition) is 3. The number of ketones is 1. The lowest BCUT2D eigenvalue weighted by atomic mass is 9.99. The van der Waals surface area contributed by atoms with Crippen molar-refractivity contribution in [3.8, 4) is 11.5 Å². The number of amides is 1. The van der Waals surface area contributed by atoms with Gasteiger partial charge < -0.3 is 25.8 Å². The predicted octanol–water partition coefficient (Wildman–Crippen LogP) is 4.66. The van der Waals surface area contributed by atoms with Gasteiger partial charge in [-0.1, -0.05) is 18.7 Å². The number of carbonyl (C=O) groups is 2. The number of rotatable bonds is 8. The molecular formula is C27H24F2N4O4. The van der Waals surface area contributed by atoms with Crippen LogP contribution in [0.1, 0.15) is 27.0 Å². The zero-order chi connectivity index (χ0) is 26.9. The minimum Gasteiger partial charge on any atom is -0.494 e. The smallest absolute Gasteiger partial charge is 0.247 e. The van der Waals surface area contributed by atoms with Crippen LogP contribution in [0.25, 0.3) is 5.70 Å². The average molecular weight is 507 g/mol. The number of benzene rings is 2. The lowest BCUT2D eigenvalue weighted by molar-refractivity contribution is -0.111. The zero-order valence-electron chi connectivity index (χ0n) is 20.4. The van der Waals surface area contributed by atoms with Gasteiger partial charge in [0.2, 0.25) is 5.91 Å². The molecule has 0 saturated heterocycles. The Hall–Kier alpha value is -4.73. The Morgan fingerprint density at radius 2 is 1.81 bits per heavy atom. The monoisotopic (exact) mass is 506 g/mol. The number of methoxy groups -OCH3 is 2. The third-order valence-corrected chi connectivity index (χ3v) is 6.01. The molecule has 0 radical (unpaired) electrons. The highest BCUT2D eigenvalue weighted by Crippen LogP contribution is 2.38. The zero-order valence-corrected chi connectivity index (χ0v) is 20.4. The number of hydrogen-bond acceptors (Lipinski definition) is 7. The molecule has 4 rings (SSSR count). The normalized spacial score (nSPS) is 12.1. The molecular weight excluding hydrogens is 482 g/mol. The topological polar surface area (TPSA) is 116 Å². The molecule has 3 aromatic rings. The second-order valence-electron chi connectivity index (χ2n) is 8.22. The van der Waals surface area contributed by atoms with Gasteiger partial charge in [-0.3, -0.25) is 9.59 Å². The summed E-state index contributed by atoms with van der Waals surface area (Å²) in [7, 11) is 2.40. The molecule has 1 aromatic heterocycles. The number of nitrogens with one attached hydrogen (secondary N) is 2. The quantitative estimate of drug-likeness (QED) is 0.301. The molecule has 2 aromatic carbocycles. The highest BCUT2D eigenvalue weighted by atomic mass is 19.1. The van der Waals surface area contributed by atoms with Crippen LogP contribution in [0.2, 0.25) is 0 Å². The van der Waals surface area contributed by atoms with Gasteiger partial charge in [-0.05, 0) is 36.3 Å².